The van der Waals surface area contributed by atoms with Gasteiger partial charge in [-0.1, -0.05) is 11.2 Å². The van der Waals surface area contributed by atoms with Crippen LogP contribution in [0.25, 0.3) is 11.5 Å². The van der Waals surface area contributed by atoms with Gasteiger partial charge in [-0.25, -0.2) is 8.78 Å². The molecule has 3 rings (SSSR count). The molecule has 0 saturated carbocycles. The smallest absolute Gasteiger partial charge is 0.263 e. The maximum atomic E-state index is 13.9. The van der Waals surface area contributed by atoms with E-state index < -0.39 is 11.6 Å². The molecule has 2 aromatic rings. The fraction of sp³-hybridized carbons (Fsp3) is 0.385. The van der Waals surface area contributed by atoms with E-state index in [1.807, 2.05) is 0 Å². The van der Waals surface area contributed by atoms with Crippen LogP contribution in [0.2, 0.25) is 0 Å². The standard InChI is InChI=1S/C13H12F2N2O2/c1-7-2-3-9(14)10(11(7)15)13-16-12(17-19-13)8-4-5-18-6-8/h2-3,8H,4-6H2,1H3. The Morgan fingerprint density at radius 3 is 2.89 bits per heavy atom. The Labute approximate surface area is 108 Å². The number of aryl methyl sites for hydroxylation is 1. The molecule has 0 spiro atoms. The predicted octanol–water partition coefficient (Wildman–Crippen LogP) is 2.83. The van der Waals surface area contributed by atoms with Crippen LogP contribution in [-0.2, 0) is 4.74 Å². The molecule has 0 aliphatic carbocycles. The molecule has 1 aromatic carbocycles. The normalized spacial score (nSPS) is 19.0. The molecule has 0 radical (unpaired) electrons. The summed E-state index contributed by atoms with van der Waals surface area (Å²) in [5.74, 6) is -1.03. The number of hydrogen-bond acceptors (Lipinski definition) is 4. The summed E-state index contributed by atoms with van der Waals surface area (Å²) in [6.07, 6.45) is 0.789. The van der Waals surface area contributed by atoms with E-state index in [0.29, 0.717) is 24.6 Å². The second-order valence-corrected chi connectivity index (χ2v) is 4.57. The summed E-state index contributed by atoms with van der Waals surface area (Å²) in [4.78, 5) is 4.09. The summed E-state index contributed by atoms with van der Waals surface area (Å²) in [5.41, 5.74) is 0.0676. The lowest BCUT2D eigenvalue weighted by molar-refractivity contribution is 0.192. The fourth-order valence-corrected chi connectivity index (χ4v) is 2.09. The Kier molecular flexibility index (Phi) is 3.02. The Bertz CT molecular complexity index is 607. The van der Waals surface area contributed by atoms with E-state index in [0.717, 1.165) is 6.42 Å². The third-order valence-electron chi connectivity index (χ3n) is 3.23. The predicted molar refractivity (Wildman–Crippen MR) is 62.6 cm³/mol. The van der Waals surface area contributed by atoms with Crippen molar-refractivity contribution in [2.45, 2.75) is 19.3 Å². The molecule has 1 saturated heterocycles. The number of rotatable bonds is 2. The van der Waals surface area contributed by atoms with Gasteiger partial charge in [-0.15, -0.1) is 0 Å². The Morgan fingerprint density at radius 1 is 1.32 bits per heavy atom. The molecule has 19 heavy (non-hydrogen) atoms. The van der Waals surface area contributed by atoms with Crippen molar-refractivity contribution in [2.75, 3.05) is 13.2 Å². The number of aromatic nitrogens is 2. The molecular formula is C13H12F2N2O2. The van der Waals surface area contributed by atoms with Crippen molar-refractivity contribution in [3.05, 3.63) is 35.2 Å². The molecule has 4 nitrogen and oxygen atoms in total. The summed E-state index contributed by atoms with van der Waals surface area (Å²) < 4.78 is 37.9. The molecule has 1 aromatic heterocycles. The van der Waals surface area contributed by atoms with Crippen LogP contribution in [0, 0.1) is 18.6 Å². The zero-order chi connectivity index (χ0) is 13.4. The monoisotopic (exact) mass is 266 g/mol. The van der Waals surface area contributed by atoms with Crippen molar-refractivity contribution in [3.8, 4) is 11.5 Å². The molecule has 6 heteroatoms. The number of nitrogens with zero attached hydrogens (tertiary/aromatic N) is 2. The second kappa shape index (κ2) is 4.70. The first-order valence-corrected chi connectivity index (χ1v) is 6.03. The Hall–Kier alpha value is -1.82. The number of halogens is 2. The van der Waals surface area contributed by atoms with Crippen LogP contribution >= 0.6 is 0 Å². The Balaban J connectivity index is 2.01. The van der Waals surface area contributed by atoms with Gasteiger partial charge in [0.25, 0.3) is 5.89 Å². The van der Waals surface area contributed by atoms with Crippen LogP contribution in [0.15, 0.2) is 16.7 Å². The lowest BCUT2D eigenvalue weighted by atomic mass is 10.1. The summed E-state index contributed by atoms with van der Waals surface area (Å²) in [6, 6.07) is 2.56. The van der Waals surface area contributed by atoms with Crippen molar-refractivity contribution < 1.29 is 18.0 Å². The molecule has 1 aliphatic heterocycles. The van der Waals surface area contributed by atoms with Crippen LogP contribution in [0.4, 0.5) is 8.78 Å². The molecule has 1 unspecified atom stereocenters. The highest BCUT2D eigenvalue weighted by Crippen LogP contribution is 2.29. The highest BCUT2D eigenvalue weighted by atomic mass is 19.1. The maximum absolute atomic E-state index is 13.9. The van der Waals surface area contributed by atoms with Crippen molar-refractivity contribution in [2.24, 2.45) is 0 Å². The van der Waals surface area contributed by atoms with E-state index >= 15 is 0 Å². The average molecular weight is 266 g/mol. The van der Waals surface area contributed by atoms with Crippen molar-refractivity contribution in [1.82, 2.24) is 10.1 Å². The number of benzene rings is 1. The van der Waals surface area contributed by atoms with Gasteiger partial charge >= 0.3 is 0 Å². The van der Waals surface area contributed by atoms with Crippen LogP contribution in [0.5, 0.6) is 0 Å². The van der Waals surface area contributed by atoms with Gasteiger partial charge in [0, 0.05) is 12.5 Å². The zero-order valence-electron chi connectivity index (χ0n) is 10.3. The molecule has 100 valence electrons. The van der Waals surface area contributed by atoms with Crippen molar-refractivity contribution in [1.29, 1.82) is 0 Å². The van der Waals surface area contributed by atoms with E-state index in [9.17, 15) is 8.78 Å². The first kappa shape index (κ1) is 12.2. The molecule has 0 amide bonds. The van der Waals surface area contributed by atoms with Gasteiger partial charge in [-0.3, -0.25) is 0 Å². The van der Waals surface area contributed by atoms with Crippen LogP contribution in [0.1, 0.15) is 23.7 Å². The van der Waals surface area contributed by atoms with Gasteiger partial charge in [0.1, 0.15) is 17.2 Å². The van der Waals surface area contributed by atoms with Crippen LogP contribution < -0.4 is 0 Å². The van der Waals surface area contributed by atoms with E-state index in [4.69, 9.17) is 9.26 Å². The quantitative estimate of drug-likeness (QED) is 0.838. The summed E-state index contributed by atoms with van der Waals surface area (Å²) in [6.45, 7) is 2.71. The molecule has 1 atom stereocenters. The summed E-state index contributed by atoms with van der Waals surface area (Å²) >= 11 is 0. The zero-order valence-corrected chi connectivity index (χ0v) is 10.3. The van der Waals surface area contributed by atoms with Gasteiger partial charge in [0.05, 0.1) is 6.61 Å². The fourth-order valence-electron chi connectivity index (χ4n) is 2.09. The topological polar surface area (TPSA) is 48.2 Å². The number of hydrogen-bond donors (Lipinski definition) is 0. The third kappa shape index (κ3) is 2.12. The lowest BCUT2D eigenvalue weighted by Gasteiger charge is -2.02. The van der Waals surface area contributed by atoms with E-state index in [-0.39, 0.29) is 17.4 Å². The van der Waals surface area contributed by atoms with E-state index in [1.165, 1.54) is 12.1 Å². The average Bonchev–Trinajstić information content (AvgIpc) is 3.04. The summed E-state index contributed by atoms with van der Waals surface area (Å²) in [5, 5.41) is 3.79. The highest BCUT2D eigenvalue weighted by Gasteiger charge is 2.25. The first-order valence-electron chi connectivity index (χ1n) is 6.03. The molecule has 1 aliphatic rings. The van der Waals surface area contributed by atoms with E-state index in [1.54, 1.807) is 6.92 Å². The van der Waals surface area contributed by atoms with Gasteiger partial charge < -0.3 is 9.26 Å². The van der Waals surface area contributed by atoms with Gasteiger partial charge in [0.15, 0.2) is 5.82 Å². The Morgan fingerprint density at radius 2 is 2.16 bits per heavy atom. The van der Waals surface area contributed by atoms with Gasteiger partial charge in [-0.2, -0.15) is 4.98 Å². The molecule has 2 heterocycles. The summed E-state index contributed by atoms with van der Waals surface area (Å²) in [7, 11) is 0. The molecule has 1 fully saturated rings. The van der Waals surface area contributed by atoms with E-state index in [2.05, 4.69) is 10.1 Å². The second-order valence-electron chi connectivity index (χ2n) is 4.57. The maximum Gasteiger partial charge on any atom is 0.263 e. The highest BCUT2D eigenvalue weighted by molar-refractivity contribution is 5.56. The SMILES string of the molecule is Cc1ccc(F)c(-c2nc(C3CCOC3)no2)c1F. The van der Waals surface area contributed by atoms with Gasteiger partial charge in [-0.05, 0) is 25.0 Å². The minimum Gasteiger partial charge on any atom is -0.381 e. The first-order chi connectivity index (χ1) is 9.16. The van der Waals surface area contributed by atoms with Crippen LogP contribution in [-0.4, -0.2) is 23.4 Å². The van der Waals surface area contributed by atoms with Gasteiger partial charge in [0.2, 0.25) is 0 Å². The van der Waals surface area contributed by atoms with Crippen LogP contribution in [0.3, 0.4) is 0 Å². The number of ether oxygens (including phenoxy) is 1. The molecule has 0 bridgehead atoms. The molecule has 0 N–H and O–H groups in total. The minimum absolute atomic E-state index is 0.0356. The largest absolute Gasteiger partial charge is 0.381 e. The molecular weight excluding hydrogens is 254 g/mol. The third-order valence-corrected chi connectivity index (χ3v) is 3.23. The van der Waals surface area contributed by atoms with Crippen molar-refractivity contribution in [3.63, 3.8) is 0 Å². The van der Waals surface area contributed by atoms with Crippen molar-refractivity contribution >= 4 is 0 Å². The lowest BCUT2D eigenvalue weighted by Crippen LogP contribution is -2.00. The minimum atomic E-state index is -0.707.